The van der Waals surface area contributed by atoms with E-state index < -0.39 is 0 Å². The smallest absolute Gasteiger partial charge is 0.287 e. The van der Waals surface area contributed by atoms with Crippen LogP contribution in [0.15, 0.2) is 30.3 Å². The third-order valence-corrected chi connectivity index (χ3v) is 4.61. The van der Waals surface area contributed by atoms with Gasteiger partial charge in [-0.15, -0.1) is 0 Å². The summed E-state index contributed by atoms with van der Waals surface area (Å²) in [5, 5.41) is 5.81. The first-order valence-corrected chi connectivity index (χ1v) is 9.40. The number of hydrogen-bond acceptors (Lipinski definition) is 3. The lowest BCUT2D eigenvalue weighted by molar-refractivity contribution is 0.0937. The highest BCUT2D eigenvalue weighted by molar-refractivity contribution is 5.97. The van der Waals surface area contributed by atoms with E-state index in [1.54, 1.807) is 0 Å². The molecule has 0 unspecified atom stereocenters. The number of aromatic nitrogens is 2. The highest BCUT2D eigenvalue weighted by Crippen LogP contribution is 2.21. The Hall–Kier alpha value is -2.63. The Balaban J connectivity index is 1.71. The predicted octanol–water partition coefficient (Wildman–Crippen LogP) is 2.33. The van der Waals surface area contributed by atoms with Gasteiger partial charge in [-0.05, 0) is 37.7 Å². The number of nitrogens with zero attached hydrogens (tertiary/aromatic N) is 2. The van der Waals surface area contributed by atoms with Gasteiger partial charge in [0.15, 0.2) is 5.82 Å². The molecule has 0 atom stereocenters. The molecule has 1 aromatic heterocycles. The van der Waals surface area contributed by atoms with Crippen LogP contribution in [0.2, 0.25) is 0 Å². The molecule has 26 heavy (non-hydrogen) atoms. The molecular formula is C20H26N4O2. The van der Waals surface area contributed by atoms with Crippen LogP contribution in [0.3, 0.4) is 0 Å². The van der Waals surface area contributed by atoms with E-state index in [1.165, 1.54) is 5.56 Å². The molecule has 2 N–H and O–H groups in total. The molecule has 0 bridgehead atoms. The Morgan fingerprint density at radius 2 is 1.85 bits per heavy atom. The molecule has 6 heteroatoms. The molecule has 6 nitrogen and oxygen atoms in total. The highest BCUT2D eigenvalue weighted by Gasteiger charge is 2.27. The summed E-state index contributed by atoms with van der Waals surface area (Å²) in [6.07, 6.45) is 4.45. The van der Waals surface area contributed by atoms with Crippen LogP contribution in [0.5, 0.6) is 0 Å². The van der Waals surface area contributed by atoms with Gasteiger partial charge in [0.1, 0.15) is 5.69 Å². The van der Waals surface area contributed by atoms with Gasteiger partial charge in [-0.1, -0.05) is 37.3 Å². The maximum atomic E-state index is 12.6. The minimum atomic E-state index is -0.196. The van der Waals surface area contributed by atoms with Crippen molar-refractivity contribution in [3.05, 3.63) is 53.1 Å². The van der Waals surface area contributed by atoms with Crippen LogP contribution in [-0.4, -0.2) is 34.5 Å². The van der Waals surface area contributed by atoms with E-state index in [1.807, 2.05) is 41.8 Å². The molecular weight excluding hydrogens is 328 g/mol. The van der Waals surface area contributed by atoms with Crippen molar-refractivity contribution >= 4 is 11.8 Å². The van der Waals surface area contributed by atoms with Gasteiger partial charge in [0.05, 0.1) is 5.69 Å². The van der Waals surface area contributed by atoms with Gasteiger partial charge in [-0.3, -0.25) is 9.59 Å². The first-order valence-electron chi connectivity index (χ1n) is 9.40. The van der Waals surface area contributed by atoms with E-state index in [2.05, 4.69) is 15.6 Å². The highest BCUT2D eigenvalue weighted by atomic mass is 16.2. The third kappa shape index (κ3) is 4.12. The monoisotopic (exact) mass is 354 g/mol. The lowest BCUT2D eigenvalue weighted by atomic mass is 10.1. The molecule has 0 fully saturated rings. The van der Waals surface area contributed by atoms with Crippen molar-refractivity contribution in [2.24, 2.45) is 0 Å². The van der Waals surface area contributed by atoms with Crippen molar-refractivity contribution in [1.29, 1.82) is 0 Å². The fraction of sp³-hybridized carbons (Fsp3) is 0.450. The predicted molar refractivity (Wildman–Crippen MR) is 100 cm³/mol. The molecule has 0 spiro atoms. The minimum Gasteiger partial charge on any atom is -0.350 e. The van der Waals surface area contributed by atoms with Gasteiger partial charge in [0, 0.05) is 19.6 Å². The average molecular weight is 354 g/mol. The van der Waals surface area contributed by atoms with Crippen LogP contribution in [0.4, 0.5) is 0 Å². The number of hydrogen-bond donors (Lipinski definition) is 2. The van der Waals surface area contributed by atoms with Crippen LogP contribution in [-0.2, 0) is 19.4 Å². The fourth-order valence-corrected chi connectivity index (χ4v) is 3.26. The molecule has 2 aromatic rings. The standard InChI is InChI=1S/C20H26N4O2/c1-2-12-21-20(26)18-23-17(16-10-6-7-14-24(16)18)19(25)22-13-11-15-8-4-3-5-9-15/h3-5,8-9H,2,6-7,10-14H2,1H3,(H,21,26)(H,22,25). The Morgan fingerprint density at radius 1 is 1.08 bits per heavy atom. The summed E-state index contributed by atoms with van der Waals surface area (Å²) < 4.78 is 1.92. The van der Waals surface area contributed by atoms with E-state index in [0.717, 1.165) is 44.3 Å². The van der Waals surface area contributed by atoms with Crippen molar-refractivity contribution in [2.75, 3.05) is 13.1 Å². The topological polar surface area (TPSA) is 76.0 Å². The first kappa shape index (κ1) is 18.2. The lowest BCUT2D eigenvalue weighted by Crippen LogP contribution is -2.28. The zero-order valence-electron chi connectivity index (χ0n) is 15.3. The molecule has 1 aliphatic heterocycles. The minimum absolute atomic E-state index is 0.193. The van der Waals surface area contributed by atoms with Gasteiger partial charge in [-0.2, -0.15) is 0 Å². The van der Waals surface area contributed by atoms with Crippen molar-refractivity contribution in [3.63, 3.8) is 0 Å². The second-order valence-electron chi connectivity index (χ2n) is 6.59. The Bertz CT molecular complexity index is 768. The summed E-state index contributed by atoms with van der Waals surface area (Å²) in [4.78, 5) is 29.4. The second kappa shape index (κ2) is 8.65. The number of nitrogens with one attached hydrogen (secondary N) is 2. The van der Waals surface area contributed by atoms with E-state index in [9.17, 15) is 9.59 Å². The van der Waals surface area contributed by atoms with Crippen molar-refractivity contribution in [1.82, 2.24) is 20.2 Å². The average Bonchev–Trinajstić information content (AvgIpc) is 3.07. The molecule has 2 heterocycles. The van der Waals surface area contributed by atoms with Crippen LogP contribution in [0.1, 0.15) is 58.6 Å². The SMILES string of the molecule is CCCNC(=O)c1nc(C(=O)NCCc2ccccc2)c2n1CCCC2. The van der Waals surface area contributed by atoms with Crippen molar-refractivity contribution in [2.45, 2.75) is 45.6 Å². The summed E-state index contributed by atoms with van der Waals surface area (Å²) in [5.74, 6) is -0.0270. The zero-order valence-corrected chi connectivity index (χ0v) is 15.3. The molecule has 1 aromatic carbocycles. The van der Waals surface area contributed by atoms with Gasteiger partial charge in [0.2, 0.25) is 0 Å². The van der Waals surface area contributed by atoms with Crippen LogP contribution in [0.25, 0.3) is 0 Å². The molecule has 2 amide bonds. The van der Waals surface area contributed by atoms with Gasteiger partial charge in [0.25, 0.3) is 11.8 Å². The second-order valence-corrected chi connectivity index (χ2v) is 6.59. The summed E-state index contributed by atoms with van der Waals surface area (Å²) in [6.45, 7) is 3.91. The number of amides is 2. The maximum absolute atomic E-state index is 12.6. The number of benzene rings is 1. The Morgan fingerprint density at radius 3 is 2.62 bits per heavy atom. The summed E-state index contributed by atoms with van der Waals surface area (Å²) in [6, 6.07) is 10.0. The molecule has 138 valence electrons. The number of rotatable bonds is 7. The normalized spacial score (nSPS) is 13.1. The number of imidazole rings is 1. The largest absolute Gasteiger partial charge is 0.350 e. The maximum Gasteiger partial charge on any atom is 0.287 e. The summed E-state index contributed by atoms with van der Waals surface area (Å²) >= 11 is 0. The van der Waals surface area contributed by atoms with Crippen molar-refractivity contribution in [3.8, 4) is 0 Å². The zero-order chi connectivity index (χ0) is 18.4. The van der Waals surface area contributed by atoms with E-state index >= 15 is 0 Å². The molecule has 0 radical (unpaired) electrons. The lowest BCUT2D eigenvalue weighted by Gasteiger charge is -2.17. The quantitative estimate of drug-likeness (QED) is 0.801. The number of fused-ring (bicyclic) bond motifs is 1. The van der Waals surface area contributed by atoms with Gasteiger partial charge < -0.3 is 15.2 Å². The van der Waals surface area contributed by atoms with Gasteiger partial charge >= 0.3 is 0 Å². The van der Waals surface area contributed by atoms with E-state index in [4.69, 9.17) is 0 Å². The molecule has 0 saturated carbocycles. The fourth-order valence-electron chi connectivity index (χ4n) is 3.26. The molecule has 1 aliphatic rings. The van der Waals surface area contributed by atoms with E-state index in [-0.39, 0.29) is 11.8 Å². The number of carbonyl (C=O) groups is 2. The third-order valence-electron chi connectivity index (χ3n) is 4.61. The van der Waals surface area contributed by atoms with Crippen LogP contribution in [0, 0.1) is 0 Å². The summed E-state index contributed by atoms with van der Waals surface area (Å²) in [5.41, 5.74) is 2.47. The molecule has 0 saturated heterocycles. The first-order chi connectivity index (χ1) is 12.7. The number of carbonyl (C=O) groups excluding carboxylic acids is 2. The van der Waals surface area contributed by atoms with Crippen LogP contribution >= 0.6 is 0 Å². The van der Waals surface area contributed by atoms with E-state index in [0.29, 0.717) is 24.6 Å². The summed E-state index contributed by atoms with van der Waals surface area (Å²) in [7, 11) is 0. The Labute approximate surface area is 154 Å². The Kier molecular flexibility index (Phi) is 6.04. The van der Waals surface area contributed by atoms with Gasteiger partial charge in [-0.25, -0.2) is 4.98 Å². The van der Waals surface area contributed by atoms with Crippen LogP contribution < -0.4 is 10.6 Å². The molecule has 0 aliphatic carbocycles. The molecule has 3 rings (SSSR count). The van der Waals surface area contributed by atoms with Crippen molar-refractivity contribution < 1.29 is 9.59 Å².